The fourth-order valence-electron chi connectivity index (χ4n) is 2.75. The minimum atomic E-state index is -0.566. The summed E-state index contributed by atoms with van der Waals surface area (Å²) < 4.78 is 5.60. The van der Waals surface area contributed by atoms with Crippen LogP contribution < -0.4 is 10.1 Å². The summed E-state index contributed by atoms with van der Waals surface area (Å²) in [7, 11) is 0. The first kappa shape index (κ1) is 14.3. The molecule has 0 aliphatic carbocycles. The Balaban J connectivity index is 1.91. The van der Waals surface area contributed by atoms with E-state index in [1.54, 1.807) is 6.07 Å². The second kappa shape index (κ2) is 5.64. The van der Waals surface area contributed by atoms with Gasteiger partial charge in [0, 0.05) is 12.1 Å². The molecule has 3 rings (SSSR count). The number of carbonyl (C=O) groups excluding carboxylic acids is 2. The van der Waals surface area contributed by atoms with Crippen molar-refractivity contribution in [2.24, 2.45) is 0 Å². The van der Waals surface area contributed by atoms with Crippen LogP contribution in [0.2, 0.25) is 0 Å². The number of amides is 1. The third kappa shape index (κ3) is 2.60. The minimum absolute atomic E-state index is 0.112. The largest absolute Gasteiger partial charge is 0.425 e. The third-order valence-electron chi connectivity index (χ3n) is 3.90. The standard InChI is InChI=1S/C18H17NO3/c1-11-6-5-7-12(2)17(11)22-18(21)14-10-16(20)19-15-9-4-3-8-13(14)15/h3-9,14H,10H2,1-2H3,(H,19,20). The second-order valence-electron chi connectivity index (χ2n) is 5.53. The number of carbonyl (C=O) groups is 2. The van der Waals surface area contributed by atoms with Crippen molar-refractivity contribution < 1.29 is 14.3 Å². The van der Waals surface area contributed by atoms with Gasteiger partial charge >= 0.3 is 5.97 Å². The lowest BCUT2D eigenvalue weighted by atomic mass is 9.90. The van der Waals surface area contributed by atoms with E-state index in [-0.39, 0.29) is 18.3 Å². The number of hydrogen-bond donors (Lipinski definition) is 1. The Kier molecular flexibility index (Phi) is 3.67. The quantitative estimate of drug-likeness (QED) is 0.683. The van der Waals surface area contributed by atoms with Crippen molar-refractivity contribution in [1.29, 1.82) is 0 Å². The zero-order valence-electron chi connectivity index (χ0n) is 12.6. The van der Waals surface area contributed by atoms with Crippen molar-refractivity contribution in [2.75, 3.05) is 5.32 Å². The van der Waals surface area contributed by atoms with E-state index in [0.717, 1.165) is 16.7 Å². The maximum absolute atomic E-state index is 12.6. The summed E-state index contributed by atoms with van der Waals surface area (Å²) in [4.78, 5) is 24.4. The number of fused-ring (bicyclic) bond motifs is 1. The number of aryl methyl sites for hydroxylation is 2. The van der Waals surface area contributed by atoms with Crippen molar-refractivity contribution in [3.05, 3.63) is 59.2 Å². The Hall–Kier alpha value is -2.62. The van der Waals surface area contributed by atoms with Gasteiger partial charge in [-0.25, -0.2) is 0 Å². The molecule has 0 spiro atoms. The lowest BCUT2D eigenvalue weighted by molar-refractivity contribution is -0.138. The Morgan fingerprint density at radius 3 is 2.50 bits per heavy atom. The van der Waals surface area contributed by atoms with Gasteiger partial charge in [0.25, 0.3) is 0 Å². The molecule has 1 aliphatic rings. The van der Waals surface area contributed by atoms with E-state index in [1.165, 1.54) is 0 Å². The van der Waals surface area contributed by atoms with Gasteiger partial charge in [-0.05, 0) is 36.6 Å². The van der Waals surface area contributed by atoms with Gasteiger partial charge in [-0.3, -0.25) is 9.59 Å². The fourth-order valence-corrected chi connectivity index (χ4v) is 2.75. The molecule has 2 aromatic rings. The first-order valence-corrected chi connectivity index (χ1v) is 7.23. The summed E-state index contributed by atoms with van der Waals surface area (Å²) in [6, 6.07) is 13.1. The zero-order valence-corrected chi connectivity index (χ0v) is 12.6. The Morgan fingerprint density at radius 1 is 1.09 bits per heavy atom. The Labute approximate surface area is 129 Å². The molecule has 1 heterocycles. The van der Waals surface area contributed by atoms with E-state index < -0.39 is 5.92 Å². The highest BCUT2D eigenvalue weighted by atomic mass is 16.5. The first-order chi connectivity index (χ1) is 10.6. The molecule has 0 saturated carbocycles. The number of anilines is 1. The number of rotatable bonds is 2. The summed E-state index contributed by atoms with van der Waals surface area (Å²) in [6.45, 7) is 3.80. The van der Waals surface area contributed by atoms with Crippen molar-refractivity contribution in [3.8, 4) is 5.75 Å². The highest BCUT2D eigenvalue weighted by Gasteiger charge is 2.32. The Bertz CT molecular complexity index is 731. The van der Waals surface area contributed by atoms with Crippen LogP contribution in [0.15, 0.2) is 42.5 Å². The fraction of sp³-hybridized carbons (Fsp3) is 0.222. The molecule has 1 aliphatic heterocycles. The number of nitrogens with one attached hydrogen (secondary N) is 1. The van der Waals surface area contributed by atoms with Crippen LogP contribution in [0, 0.1) is 13.8 Å². The van der Waals surface area contributed by atoms with Gasteiger partial charge in [-0.2, -0.15) is 0 Å². The van der Waals surface area contributed by atoms with Gasteiger partial charge in [0.2, 0.25) is 5.91 Å². The molecule has 0 aromatic heterocycles. The van der Waals surface area contributed by atoms with E-state index >= 15 is 0 Å². The topological polar surface area (TPSA) is 55.4 Å². The zero-order chi connectivity index (χ0) is 15.7. The van der Waals surface area contributed by atoms with Crippen LogP contribution >= 0.6 is 0 Å². The summed E-state index contributed by atoms with van der Waals surface area (Å²) in [5.41, 5.74) is 3.30. The number of esters is 1. The molecule has 4 nitrogen and oxygen atoms in total. The molecule has 1 amide bonds. The van der Waals surface area contributed by atoms with E-state index in [1.807, 2.05) is 50.2 Å². The Morgan fingerprint density at radius 2 is 1.77 bits per heavy atom. The lowest BCUT2D eigenvalue weighted by Gasteiger charge is -2.24. The maximum Gasteiger partial charge on any atom is 0.319 e. The highest BCUT2D eigenvalue weighted by molar-refractivity contribution is 6.00. The normalized spacial score (nSPS) is 16.6. The minimum Gasteiger partial charge on any atom is -0.425 e. The van der Waals surface area contributed by atoms with Crippen LogP contribution in [0.5, 0.6) is 5.75 Å². The van der Waals surface area contributed by atoms with Gasteiger partial charge in [0.15, 0.2) is 0 Å². The molecule has 1 atom stereocenters. The average Bonchev–Trinajstić information content (AvgIpc) is 2.50. The summed E-state index contributed by atoms with van der Waals surface area (Å²) in [5.74, 6) is -0.540. The van der Waals surface area contributed by atoms with Gasteiger partial charge < -0.3 is 10.1 Å². The van der Waals surface area contributed by atoms with E-state index in [9.17, 15) is 9.59 Å². The van der Waals surface area contributed by atoms with Crippen LogP contribution in [-0.2, 0) is 9.59 Å². The molecule has 112 valence electrons. The molecule has 0 fully saturated rings. The molecule has 1 N–H and O–H groups in total. The number of hydrogen-bond acceptors (Lipinski definition) is 3. The SMILES string of the molecule is Cc1cccc(C)c1OC(=O)C1CC(=O)Nc2ccccc21. The van der Waals surface area contributed by atoms with E-state index in [0.29, 0.717) is 11.4 Å². The van der Waals surface area contributed by atoms with Gasteiger partial charge in [-0.15, -0.1) is 0 Å². The van der Waals surface area contributed by atoms with Crippen molar-refractivity contribution in [1.82, 2.24) is 0 Å². The maximum atomic E-state index is 12.6. The molecule has 2 aromatic carbocycles. The van der Waals surface area contributed by atoms with Gasteiger partial charge in [0.05, 0.1) is 5.92 Å². The summed E-state index contributed by atoms with van der Waals surface area (Å²) in [6.07, 6.45) is 0.112. The number of benzene rings is 2. The van der Waals surface area contributed by atoms with Crippen LogP contribution in [0.3, 0.4) is 0 Å². The second-order valence-corrected chi connectivity index (χ2v) is 5.53. The third-order valence-corrected chi connectivity index (χ3v) is 3.90. The van der Waals surface area contributed by atoms with E-state index in [2.05, 4.69) is 5.32 Å². The molecule has 4 heteroatoms. The highest BCUT2D eigenvalue weighted by Crippen LogP contribution is 2.34. The molecule has 0 radical (unpaired) electrons. The number of para-hydroxylation sites is 2. The average molecular weight is 295 g/mol. The van der Waals surface area contributed by atoms with Crippen LogP contribution in [0.1, 0.15) is 29.0 Å². The molecular formula is C18H17NO3. The smallest absolute Gasteiger partial charge is 0.319 e. The molecular weight excluding hydrogens is 278 g/mol. The molecule has 0 saturated heterocycles. The predicted octanol–water partition coefficient (Wildman–Crippen LogP) is 3.33. The van der Waals surface area contributed by atoms with Crippen LogP contribution in [0.4, 0.5) is 5.69 Å². The monoisotopic (exact) mass is 295 g/mol. The summed E-state index contributed by atoms with van der Waals surface area (Å²) in [5, 5.41) is 2.78. The van der Waals surface area contributed by atoms with Crippen molar-refractivity contribution in [2.45, 2.75) is 26.2 Å². The van der Waals surface area contributed by atoms with Crippen LogP contribution in [0.25, 0.3) is 0 Å². The number of ether oxygens (including phenoxy) is 1. The summed E-state index contributed by atoms with van der Waals surface area (Å²) >= 11 is 0. The first-order valence-electron chi connectivity index (χ1n) is 7.23. The van der Waals surface area contributed by atoms with Crippen molar-refractivity contribution in [3.63, 3.8) is 0 Å². The van der Waals surface area contributed by atoms with Gasteiger partial charge in [0.1, 0.15) is 5.75 Å². The molecule has 0 bridgehead atoms. The predicted molar refractivity (Wildman–Crippen MR) is 84.0 cm³/mol. The molecule has 1 unspecified atom stereocenters. The van der Waals surface area contributed by atoms with Crippen LogP contribution in [-0.4, -0.2) is 11.9 Å². The van der Waals surface area contributed by atoms with Gasteiger partial charge in [-0.1, -0.05) is 36.4 Å². The van der Waals surface area contributed by atoms with Crippen molar-refractivity contribution >= 4 is 17.6 Å². The molecule has 22 heavy (non-hydrogen) atoms. The van der Waals surface area contributed by atoms with E-state index in [4.69, 9.17) is 4.74 Å². The lowest BCUT2D eigenvalue weighted by Crippen LogP contribution is -2.30.